The fourth-order valence-electron chi connectivity index (χ4n) is 2.74. The van der Waals surface area contributed by atoms with Crippen LogP contribution in [0.3, 0.4) is 0 Å². The molecule has 1 aliphatic rings. The van der Waals surface area contributed by atoms with E-state index in [1.54, 1.807) is 0 Å². The van der Waals surface area contributed by atoms with Gasteiger partial charge in [0.1, 0.15) is 18.0 Å². The molecule has 104 valence electrons. The molecule has 0 aliphatic carbocycles. The highest BCUT2D eigenvalue weighted by molar-refractivity contribution is 6.30. The van der Waals surface area contributed by atoms with Crippen molar-refractivity contribution in [2.24, 2.45) is 0 Å². The maximum Gasteiger partial charge on any atom is 0.131 e. The minimum absolute atomic E-state index is 0.390. The van der Waals surface area contributed by atoms with E-state index in [9.17, 15) is 5.11 Å². The number of hydrogen-bond acceptors (Lipinski definition) is 3. The van der Waals surface area contributed by atoms with Gasteiger partial charge in [0.2, 0.25) is 0 Å². The van der Waals surface area contributed by atoms with Crippen LogP contribution in [0.1, 0.15) is 16.7 Å². The largest absolute Gasteiger partial charge is 0.488 e. The lowest BCUT2D eigenvalue weighted by atomic mass is 9.84. The average Bonchev–Trinajstić information content (AvgIpc) is 2.57. The van der Waals surface area contributed by atoms with E-state index in [1.165, 1.54) is 0 Å². The molecule has 1 aliphatic heterocycles. The summed E-state index contributed by atoms with van der Waals surface area (Å²) in [6.45, 7) is 0.816. The van der Waals surface area contributed by atoms with Gasteiger partial charge in [0, 0.05) is 17.1 Å². The molecule has 0 radical (unpaired) electrons. The van der Waals surface area contributed by atoms with Crippen LogP contribution < -0.4 is 10.1 Å². The number of para-hydroxylation sites is 1. The third-order valence-corrected chi connectivity index (χ3v) is 3.90. The van der Waals surface area contributed by atoms with E-state index in [4.69, 9.17) is 16.3 Å². The van der Waals surface area contributed by atoms with Crippen LogP contribution in [0, 0.1) is 0 Å². The van der Waals surface area contributed by atoms with Crippen LogP contribution in [0.5, 0.6) is 5.75 Å². The number of benzene rings is 2. The molecule has 1 unspecified atom stereocenters. The van der Waals surface area contributed by atoms with Crippen LogP contribution >= 0.6 is 11.6 Å². The third kappa shape index (κ3) is 2.08. The first-order chi connectivity index (χ1) is 9.65. The molecule has 1 heterocycles. The van der Waals surface area contributed by atoms with Gasteiger partial charge in [0.15, 0.2) is 0 Å². The Hall–Kier alpha value is -1.55. The van der Waals surface area contributed by atoms with E-state index >= 15 is 0 Å². The van der Waals surface area contributed by atoms with Crippen molar-refractivity contribution in [2.75, 3.05) is 13.6 Å². The van der Waals surface area contributed by atoms with Crippen molar-refractivity contribution < 1.29 is 9.84 Å². The monoisotopic (exact) mass is 289 g/mol. The van der Waals surface area contributed by atoms with E-state index in [-0.39, 0.29) is 0 Å². The number of ether oxygens (including phenoxy) is 1. The molecule has 0 spiro atoms. The number of nitrogens with one attached hydrogen (secondary N) is 1. The lowest BCUT2D eigenvalue weighted by Gasteiger charge is -2.29. The molecule has 0 bridgehead atoms. The van der Waals surface area contributed by atoms with Crippen molar-refractivity contribution in [1.82, 2.24) is 5.32 Å². The molecule has 0 fully saturated rings. The highest BCUT2D eigenvalue weighted by Gasteiger charge is 2.37. The van der Waals surface area contributed by atoms with Crippen LogP contribution in [0.4, 0.5) is 0 Å². The highest BCUT2D eigenvalue weighted by Crippen LogP contribution is 2.40. The Morgan fingerprint density at radius 2 is 2.05 bits per heavy atom. The average molecular weight is 290 g/mol. The van der Waals surface area contributed by atoms with E-state index in [0.29, 0.717) is 23.9 Å². The summed E-state index contributed by atoms with van der Waals surface area (Å²) >= 11 is 6.11. The van der Waals surface area contributed by atoms with Gasteiger partial charge in [0.05, 0.1) is 0 Å². The Labute approximate surface area is 123 Å². The van der Waals surface area contributed by atoms with Gasteiger partial charge in [-0.15, -0.1) is 0 Å². The first kappa shape index (κ1) is 13.4. The smallest absolute Gasteiger partial charge is 0.131 e. The van der Waals surface area contributed by atoms with E-state index in [0.717, 1.165) is 16.7 Å². The van der Waals surface area contributed by atoms with Crippen molar-refractivity contribution in [3.05, 3.63) is 64.2 Å². The molecule has 2 aromatic rings. The molecule has 1 atom stereocenters. The predicted octanol–water partition coefficient (Wildman–Crippen LogP) is 2.69. The van der Waals surface area contributed by atoms with Crippen LogP contribution in [-0.2, 0) is 12.2 Å². The van der Waals surface area contributed by atoms with Gasteiger partial charge in [-0.05, 0) is 36.4 Å². The van der Waals surface area contributed by atoms with Gasteiger partial charge in [-0.2, -0.15) is 0 Å². The summed E-state index contributed by atoms with van der Waals surface area (Å²) in [5, 5.41) is 14.9. The molecule has 3 rings (SSSR count). The lowest BCUT2D eigenvalue weighted by molar-refractivity contribution is 0.0815. The number of rotatable bonds is 2. The van der Waals surface area contributed by atoms with Crippen LogP contribution in [0.15, 0.2) is 42.5 Å². The van der Waals surface area contributed by atoms with Crippen molar-refractivity contribution in [2.45, 2.75) is 12.2 Å². The van der Waals surface area contributed by atoms with Crippen molar-refractivity contribution in [3.63, 3.8) is 0 Å². The summed E-state index contributed by atoms with van der Waals surface area (Å²) in [4.78, 5) is 0. The molecular formula is C16H16ClNO2. The van der Waals surface area contributed by atoms with Gasteiger partial charge >= 0.3 is 0 Å². The fourth-order valence-corrected chi connectivity index (χ4v) is 2.91. The first-order valence-corrected chi connectivity index (χ1v) is 6.91. The predicted molar refractivity (Wildman–Crippen MR) is 79.2 cm³/mol. The number of fused-ring (bicyclic) bond motifs is 2. The van der Waals surface area contributed by atoms with E-state index in [2.05, 4.69) is 5.32 Å². The summed E-state index contributed by atoms with van der Waals surface area (Å²) in [6, 6.07) is 13.1. The quantitative estimate of drug-likeness (QED) is 0.893. The zero-order valence-corrected chi connectivity index (χ0v) is 11.9. The number of halogens is 1. The molecule has 0 amide bonds. The van der Waals surface area contributed by atoms with Crippen molar-refractivity contribution in [1.29, 1.82) is 0 Å². The van der Waals surface area contributed by atoms with Gasteiger partial charge in [-0.1, -0.05) is 35.9 Å². The number of likely N-dealkylation sites (N-methyl/N-ethyl adjacent to an activating group) is 1. The maximum atomic E-state index is 11.3. The van der Waals surface area contributed by atoms with Crippen LogP contribution in [0.25, 0.3) is 0 Å². The Balaban J connectivity index is 2.27. The van der Waals surface area contributed by atoms with Gasteiger partial charge in [-0.25, -0.2) is 0 Å². The standard InChI is InChI=1S/C16H16ClNO2/c1-18-10-16(19)13-4-2-3-5-15(13)20-9-11-6-7-12(17)8-14(11)16/h2-8,18-19H,9-10H2,1H3. The second kappa shape index (κ2) is 5.09. The Morgan fingerprint density at radius 1 is 1.25 bits per heavy atom. The molecule has 4 heteroatoms. The molecule has 3 nitrogen and oxygen atoms in total. The number of hydrogen-bond donors (Lipinski definition) is 2. The SMILES string of the molecule is CNCC1(O)c2cc(Cl)ccc2COc2ccccc21. The second-order valence-electron chi connectivity index (χ2n) is 4.98. The molecule has 2 aromatic carbocycles. The van der Waals surface area contributed by atoms with Crippen LogP contribution in [0.2, 0.25) is 5.02 Å². The zero-order valence-electron chi connectivity index (χ0n) is 11.2. The maximum absolute atomic E-state index is 11.3. The Kier molecular flexibility index (Phi) is 3.42. The Morgan fingerprint density at radius 3 is 2.85 bits per heavy atom. The normalized spacial score (nSPS) is 20.6. The van der Waals surface area contributed by atoms with Gasteiger partial charge in [-0.3, -0.25) is 0 Å². The van der Waals surface area contributed by atoms with Crippen molar-refractivity contribution >= 4 is 11.6 Å². The van der Waals surface area contributed by atoms with E-state index in [1.807, 2.05) is 49.5 Å². The topological polar surface area (TPSA) is 41.5 Å². The summed E-state index contributed by atoms with van der Waals surface area (Å²) in [7, 11) is 1.82. The van der Waals surface area contributed by atoms with Gasteiger partial charge in [0.25, 0.3) is 0 Å². The molecule has 0 saturated carbocycles. The molecule has 2 N–H and O–H groups in total. The number of aliphatic hydroxyl groups is 1. The lowest BCUT2D eigenvalue weighted by Crippen LogP contribution is -2.38. The van der Waals surface area contributed by atoms with Crippen molar-refractivity contribution in [3.8, 4) is 5.75 Å². The first-order valence-electron chi connectivity index (χ1n) is 6.53. The molecular weight excluding hydrogens is 274 g/mol. The second-order valence-corrected chi connectivity index (χ2v) is 5.41. The van der Waals surface area contributed by atoms with Gasteiger partial charge < -0.3 is 15.2 Å². The van der Waals surface area contributed by atoms with E-state index < -0.39 is 5.60 Å². The summed E-state index contributed by atoms with van der Waals surface area (Å²) in [5.74, 6) is 0.706. The van der Waals surface area contributed by atoms with Crippen LogP contribution in [-0.4, -0.2) is 18.7 Å². The summed E-state index contributed by atoms with van der Waals surface area (Å²) in [5.41, 5.74) is 1.35. The fraction of sp³-hybridized carbons (Fsp3) is 0.250. The highest BCUT2D eigenvalue weighted by atomic mass is 35.5. The molecule has 20 heavy (non-hydrogen) atoms. The summed E-state index contributed by atoms with van der Waals surface area (Å²) < 4.78 is 5.83. The minimum Gasteiger partial charge on any atom is -0.488 e. The third-order valence-electron chi connectivity index (χ3n) is 3.67. The zero-order chi connectivity index (χ0) is 14.2. The summed E-state index contributed by atoms with van der Waals surface area (Å²) in [6.07, 6.45) is 0. The minimum atomic E-state index is -1.15. The Bertz CT molecular complexity index is 644. The molecule has 0 aromatic heterocycles. The molecule has 0 saturated heterocycles.